The molecule has 0 amide bonds. The number of ether oxygens (including phenoxy) is 2. The Bertz CT molecular complexity index is 617. The number of methoxy groups -OCH3 is 1. The number of halogens is 3. The number of rotatable bonds is 4. The fraction of sp³-hybridized carbons (Fsp3) is 0.0667. The van der Waals surface area contributed by atoms with Crippen molar-refractivity contribution >= 4 is 0 Å². The topological polar surface area (TPSA) is 18.5 Å². The first-order valence-electron chi connectivity index (χ1n) is 5.73. The van der Waals surface area contributed by atoms with Gasteiger partial charge in [0.05, 0.1) is 7.11 Å². The average molecular weight is 280 g/mol. The molecule has 20 heavy (non-hydrogen) atoms. The minimum absolute atomic E-state index is 0.00180. The molecule has 0 atom stereocenters. The summed E-state index contributed by atoms with van der Waals surface area (Å²) in [5, 5.41) is 0. The van der Waals surface area contributed by atoms with Crippen molar-refractivity contribution in [3.63, 3.8) is 0 Å². The Hall–Kier alpha value is -2.43. The van der Waals surface area contributed by atoms with Crippen molar-refractivity contribution in [1.82, 2.24) is 0 Å². The van der Waals surface area contributed by atoms with Gasteiger partial charge in [0.25, 0.3) is 0 Å². The summed E-state index contributed by atoms with van der Waals surface area (Å²) in [5.41, 5.74) is 1.73. The normalized spacial score (nSPS) is 10.0. The zero-order valence-corrected chi connectivity index (χ0v) is 10.6. The molecule has 0 heterocycles. The summed E-state index contributed by atoms with van der Waals surface area (Å²) >= 11 is 0. The van der Waals surface area contributed by atoms with E-state index in [4.69, 9.17) is 4.74 Å². The summed E-state index contributed by atoms with van der Waals surface area (Å²) < 4.78 is 45.9. The van der Waals surface area contributed by atoms with E-state index in [0.717, 1.165) is 11.1 Å². The second-order valence-corrected chi connectivity index (χ2v) is 3.89. The molecule has 2 nitrogen and oxygen atoms in total. The van der Waals surface area contributed by atoms with Gasteiger partial charge in [-0.25, -0.2) is 0 Å². The Kier molecular flexibility index (Phi) is 4.30. The van der Waals surface area contributed by atoms with Crippen LogP contribution in [0.2, 0.25) is 0 Å². The van der Waals surface area contributed by atoms with Gasteiger partial charge in [0.2, 0.25) is 0 Å². The zero-order chi connectivity index (χ0) is 14.5. The standard InChI is InChI=1S/C15H11F3O2/c1-19-13-4-2-3-11(9-13)10-5-7-12(8-6-10)20-15(18)14(16)17/h2-9H,1H3. The van der Waals surface area contributed by atoms with Crippen LogP contribution in [-0.4, -0.2) is 7.11 Å². The largest absolute Gasteiger partial charge is 0.497 e. The highest BCUT2D eigenvalue weighted by atomic mass is 19.3. The summed E-state index contributed by atoms with van der Waals surface area (Å²) in [6, 6.07) is 11.6. The van der Waals surface area contributed by atoms with Gasteiger partial charge in [-0.15, -0.1) is 0 Å². The predicted octanol–water partition coefficient (Wildman–Crippen LogP) is 4.78. The molecule has 2 aromatic rings. The molecule has 0 fully saturated rings. The Morgan fingerprint density at radius 2 is 1.55 bits per heavy atom. The van der Waals surface area contributed by atoms with Crippen molar-refractivity contribution in [3.05, 3.63) is 60.6 Å². The number of hydrogen-bond acceptors (Lipinski definition) is 2. The smallest absolute Gasteiger partial charge is 0.344 e. The Morgan fingerprint density at radius 3 is 2.15 bits per heavy atom. The maximum Gasteiger partial charge on any atom is 0.344 e. The van der Waals surface area contributed by atoms with Gasteiger partial charge >= 0.3 is 12.1 Å². The summed E-state index contributed by atoms with van der Waals surface area (Å²) in [6.45, 7) is 0. The summed E-state index contributed by atoms with van der Waals surface area (Å²) in [7, 11) is 1.57. The molecule has 0 bridgehead atoms. The van der Waals surface area contributed by atoms with E-state index >= 15 is 0 Å². The van der Waals surface area contributed by atoms with Crippen LogP contribution in [0, 0.1) is 0 Å². The van der Waals surface area contributed by atoms with E-state index in [1.165, 1.54) is 12.1 Å². The zero-order valence-electron chi connectivity index (χ0n) is 10.6. The summed E-state index contributed by atoms with van der Waals surface area (Å²) in [6.07, 6.45) is -2.48. The highest BCUT2D eigenvalue weighted by Gasteiger charge is 2.08. The van der Waals surface area contributed by atoms with Crippen LogP contribution in [0.1, 0.15) is 0 Å². The van der Waals surface area contributed by atoms with Crippen LogP contribution in [0.3, 0.4) is 0 Å². The van der Waals surface area contributed by atoms with Gasteiger partial charge in [0, 0.05) is 0 Å². The molecule has 0 saturated carbocycles. The second-order valence-electron chi connectivity index (χ2n) is 3.89. The molecule has 0 saturated heterocycles. The van der Waals surface area contributed by atoms with Gasteiger partial charge in [0.15, 0.2) is 0 Å². The Labute approximate surface area is 114 Å². The third kappa shape index (κ3) is 3.32. The van der Waals surface area contributed by atoms with Gasteiger partial charge in [-0.05, 0) is 35.4 Å². The lowest BCUT2D eigenvalue weighted by molar-refractivity contribution is 0.241. The molecular weight excluding hydrogens is 269 g/mol. The van der Waals surface area contributed by atoms with Crippen molar-refractivity contribution in [2.24, 2.45) is 0 Å². The molecule has 0 N–H and O–H groups in total. The van der Waals surface area contributed by atoms with E-state index in [1.54, 1.807) is 19.2 Å². The molecule has 0 aliphatic rings. The third-order valence-corrected chi connectivity index (χ3v) is 2.61. The molecule has 2 rings (SSSR count). The minimum Gasteiger partial charge on any atom is -0.497 e. The van der Waals surface area contributed by atoms with Crippen LogP contribution in [0.25, 0.3) is 11.1 Å². The lowest BCUT2D eigenvalue weighted by Gasteiger charge is -2.06. The molecule has 0 radical (unpaired) electrons. The van der Waals surface area contributed by atoms with E-state index in [-0.39, 0.29) is 5.75 Å². The van der Waals surface area contributed by atoms with E-state index < -0.39 is 12.1 Å². The number of benzene rings is 2. The Morgan fingerprint density at radius 1 is 0.850 bits per heavy atom. The average Bonchev–Trinajstić information content (AvgIpc) is 2.48. The molecule has 0 aromatic heterocycles. The summed E-state index contributed by atoms with van der Waals surface area (Å²) in [5.74, 6) is 0.707. The molecule has 2 aromatic carbocycles. The lowest BCUT2D eigenvalue weighted by atomic mass is 10.1. The SMILES string of the molecule is COc1cccc(-c2ccc(OC(F)=C(F)F)cc2)c1. The van der Waals surface area contributed by atoms with E-state index in [2.05, 4.69) is 4.74 Å². The molecule has 0 spiro atoms. The van der Waals surface area contributed by atoms with Gasteiger partial charge in [-0.2, -0.15) is 13.2 Å². The first-order chi connectivity index (χ1) is 9.60. The Balaban J connectivity index is 2.21. The van der Waals surface area contributed by atoms with Crippen molar-refractivity contribution in [3.8, 4) is 22.6 Å². The van der Waals surface area contributed by atoms with E-state index in [0.29, 0.717) is 5.75 Å². The maximum atomic E-state index is 12.6. The van der Waals surface area contributed by atoms with Crippen LogP contribution in [0.4, 0.5) is 13.2 Å². The third-order valence-electron chi connectivity index (χ3n) is 2.61. The van der Waals surface area contributed by atoms with Crippen molar-refractivity contribution < 1.29 is 22.6 Å². The molecule has 104 valence electrons. The monoisotopic (exact) mass is 280 g/mol. The fourth-order valence-electron chi connectivity index (χ4n) is 1.66. The van der Waals surface area contributed by atoms with Crippen molar-refractivity contribution in [2.75, 3.05) is 7.11 Å². The van der Waals surface area contributed by atoms with Crippen LogP contribution < -0.4 is 9.47 Å². The van der Waals surface area contributed by atoms with Gasteiger partial charge in [-0.1, -0.05) is 24.3 Å². The van der Waals surface area contributed by atoms with Crippen LogP contribution in [0.15, 0.2) is 60.6 Å². The van der Waals surface area contributed by atoms with E-state index in [1.807, 2.05) is 24.3 Å². The van der Waals surface area contributed by atoms with Crippen molar-refractivity contribution in [1.29, 1.82) is 0 Å². The molecular formula is C15H11F3O2. The highest BCUT2D eigenvalue weighted by molar-refractivity contribution is 5.65. The minimum atomic E-state index is -2.48. The first-order valence-corrected chi connectivity index (χ1v) is 5.73. The summed E-state index contributed by atoms with van der Waals surface area (Å²) in [4.78, 5) is 0. The molecule has 5 heteroatoms. The van der Waals surface area contributed by atoms with Gasteiger partial charge < -0.3 is 9.47 Å². The quantitative estimate of drug-likeness (QED) is 0.751. The van der Waals surface area contributed by atoms with Crippen LogP contribution in [-0.2, 0) is 0 Å². The highest BCUT2D eigenvalue weighted by Crippen LogP contribution is 2.26. The first kappa shape index (κ1) is 14.0. The fourth-order valence-corrected chi connectivity index (χ4v) is 1.66. The molecule has 0 aliphatic carbocycles. The van der Waals surface area contributed by atoms with E-state index in [9.17, 15) is 13.2 Å². The van der Waals surface area contributed by atoms with Crippen LogP contribution in [0.5, 0.6) is 11.5 Å². The van der Waals surface area contributed by atoms with Crippen LogP contribution >= 0.6 is 0 Å². The lowest BCUT2D eigenvalue weighted by Crippen LogP contribution is -1.90. The molecule has 0 aliphatic heterocycles. The van der Waals surface area contributed by atoms with Gasteiger partial charge in [-0.3, -0.25) is 0 Å². The second kappa shape index (κ2) is 6.14. The van der Waals surface area contributed by atoms with Gasteiger partial charge in [0.1, 0.15) is 11.5 Å². The predicted molar refractivity (Wildman–Crippen MR) is 69.4 cm³/mol. The maximum absolute atomic E-state index is 12.6. The van der Waals surface area contributed by atoms with Crippen molar-refractivity contribution in [2.45, 2.75) is 0 Å². The molecule has 0 unspecified atom stereocenters. The number of hydrogen-bond donors (Lipinski definition) is 0.